The molecule has 0 radical (unpaired) electrons. The number of nitrogens with zero attached hydrogens (tertiary/aromatic N) is 1. The molecular weight excluding hydrogens is 612 g/mol. The third-order valence-electron chi connectivity index (χ3n) is 7.83. The molecular formula is C30H27F10NO3. The Balaban J connectivity index is 1.78. The van der Waals surface area contributed by atoms with Crippen molar-refractivity contribution in [1.29, 1.82) is 0 Å². The van der Waals surface area contributed by atoms with Crippen LogP contribution in [0.2, 0.25) is 0 Å². The van der Waals surface area contributed by atoms with Crippen LogP contribution < -0.4 is 4.74 Å². The summed E-state index contributed by atoms with van der Waals surface area (Å²) in [7, 11) is 1.26. The summed E-state index contributed by atoms with van der Waals surface area (Å²) in [5, 5.41) is 0. The molecule has 1 saturated heterocycles. The number of benzene rings is 2. The molecule has 1 amide bonds. The van der Waals surface area contributed by atoms with Gasteiger partial charge in [0.05, 0.1) is 29.9 Å². The summed E-state index contributed by atoms with van der Waals surface area (Å²) in [5.41, 5.74) is -4.18. The molecule has 4 rings (SSSR count). The van der Waals surface area contributed by atoms with Gasteiger partial charge in [-0.05, 0) is 66.3 Å². The Morgan fingerprint density at radius 1 is 0.886 bits per heavy atom. The van der Waals surface area contributed by atoms with E-state index in [0.717, 1.165) is 23.1 Å². The molecule has 0 spiro atoms. The highest BCUT2D eigenvalue weighted by Gasteiger charge is 2.45. The van der Waals surface area contributed by atoms with E-state index >= 15 is 0 Å². The Kier molecular flexibility index (Phi) is 8.79. The largest absolute Gasteiger partial charge is 0.496 e. The Hall–Kier alpha value is -3.71. The van der Waals surface area contributed by atoms with Gasteiger partial charge in [-0.2, -0.15) is 39.5 Å². The number of hydrogen-bond acceptors (Lipinski definition) is 3. The second-order valence-corrected chi connectivity index (χ2v) is 10.7. The number of halogens is 10. The zero-order valence-corrected chi connectivity index (χ0v) is 23.7. The fourth-order valence-corrected chi connectivity index (χ4v) is 5.67. The molecule has 0 aromatic heterocycles. The summed E-state index contributed by atoms with van der Waals surface area (Å²) in [6.07, 6.45) is -15.8. The van der Waals surface area contributed by atoms with Gasteiger partial charge in [0, 0.05) is 24.1 Å². The number of cyclic esters (lactones) is 1. The van der Waals surface area contributed by atoms with Crippen LogP contribution in [0.15, 0.2) is 53.6 Å². The molecule has 240 valence electrons. The molecule has 1 aliphatic heterocycles. The van der Waals surface area contributed by atoms with Crippen LogP contribution in [-0.2, 0) is 23.5 Å². The first-order chi connectivity index (χ1) is 20.3. The number of ether oxygens (including phenoxy) is 2. The molecule has 44 heavy (non-hydrogen) atoms. The summed E-state index contributed by atoms with van der Waals surface area (Å²) in [6.45, 7) is 3.95. The third-order valence-corrected chi connectivity index (χ3v) is 7.83. The van der Waals surface area contributed by atoms with Crippen molar-refractivity contribution in [2.45, 2.75) is 63.8 Å². The molecule has 4 nitrogen and oxygen atoms in total. The van der Waals surface area contributed by atoms with E-state index < -0.39 is 83.2 Å². The predicted octanol–water partition coefficient (Wildman–Crippen LogP) is 9.16. The van der Waals surface area contributed by atoms with E-state index in [4.69, 9.17) is 9.47 Å². The normalized spacial score (nSPS) is 23.0. The molecule has 1 fully saturated rings. The average molecular weight is 640 g/mol. The minimum absolute atomic E-state index is 0.0313. The van der Waals surface area contributed by atoms with Crippen LogP contribution in [0.5, 0.6) is 5.75 Å². The van der Waals surface area contributed by atoms with Crippen LogP contribution >= 0.6 is 0 Å². The Morgan fingerprint density at radius 2 is 1.48 bits per heavy atom. The minimum Gasteiger partial charge on any atom is -0.496 e. The van der Waals surface area contributed by atoms with Gasteiger partial charge in [0.1, 0.15) is 17.7 Å². The molecule has 2 aromatic carbocycles. The van der Waals surface area contributed by atoms with E-state index in [-0.39, 0.29) is 29.4 Å². The summed E-state index contributed by atoms with van der Waals surface area (Å²) in [6, 6.07) is 2.20. The van der Waals surface area contributed by atoms with E-state index in [2.05, 4.69) is 0 Å². The highest BCUT2D eigenvalue weighted by atomic mass is 19.4. The summed E-state index contributed by atoms with van der Waals surface area (Å²) in [5.74, 6) is -2.26. The lowest BCUT2D eigenvalue weighted by Crippen LogP contribution is -2.36. The first-order valence-electron chi connectivity index (χ1n) is 13.4. The SMILES string of the molecule is CCc1cc(C2C(CN3C(=O)OC(c4cc(C(F)(F)F)cc(C(F)(F)F)c4)C3C)=CC(C(F)(F)F)=CC2C)c(OC)cc1F. The van der Waals surface area contributed by atoms with Gasteiger partial charge >= 0.3 is 24.6 Å². The van der Waals surface area contributed by atoms with E-state index in [9.17, 15) is 48.7 Å². The number of carbonyl (C=O) groups excluding carboxylic acids is 1. The van der Waals surface area contributed by atoms with Crippen LogP contribution in [0.25, 0.3) is 0 Å². The van der Waals surface area contributed by atoms with Crippen molar-refractivity contribution in [1.82, 2.24) is 4.90 Å². The number of alkyl halides is 9. The van der Waals surface area contributed by atoms with Gasteiger partial charge in [-0.1, -0.05) is 19.9 Å². The van der Waals surface area contributed by atoms with Gasteiger partial charge in [-0.25, -0.2) is 9.18 Å². The molecule has 4 unspecified atom stereocenters. The van der Waals surface area contributed by atoms with Crippen molar-refractivity contribution in [2.75, 3.05) is 13.7 Å². The first kappa shape index (κ1) is 33.2. The first-order valence-corrected chi connectivity index (χ1v) is 13.4. The van der Waals surface area contributed by atoms with Crippen molar-refractivity contribution >= 4 is 6.09 Å². The molecule has 0 N–H and O–H groups in total. The maximum Gasteiger partial charge on any atom is 0.416 e. The molecule has 0 saturated carbocycles. The molecule has 2 aromatic rings. The Bertz CT molecular complexity index is 1460. The Labute approximate surface area is 245 Å². The predicted molar refractivity (Wildman–Crippen MR) is 138 cm³/mol. The fourth-order valence-electron chi connectivity index (χ4n) is 5.67. The van der Waals surface area contributed by atoms with Crippen LogP contribution in [0.3, 0.4) is 0 Å². The van der Waals surface area contributed by atoms with E-state index in [1.807, 2.05) is 0 Å². The van der Waals surface area contributed by atoms with Crippen LogP contribution in [0, 0.1) is 11.7 Å². The molecule has 14 heteroatoms. The molecule has 2 aliphatic rings. The van der Waals surface area contributed by atoms with Crippen molar-refractivity contribution in [2.24, 2.45) is 5.92 Å². The van der Waals surface area contributed by atoms with E-state index in [1.54, 1.807) is 6.92 Å². The van der Waals surface area contributed by atoms with Crippen molar-refractivity contribution in [3.63, 3.8) is 0 Å². The van der Waals surface area contributed by atoms with Crippen LogP contribution in [0.4, 0.5) is 48.7 Å². The molecule has 4 atom stereocenters. The van der Waals surface area contributed by atoms with Crippen molar-refractivity contribution < 1.29 is 58.2 Å². The number of hydrogen-bond donors (Lipinski definition) is 0. The average Bonchev–Trinajstić information content (AvgIpc) is 3.19. The Morgan fingerprint density at radius 3 is 1.98 bits per heavy atom. The van der Waals surface area contributed by atoms with Crippen molar-refractivity contribution in [3.8, 4) is 5.75 Å². The zero-order chi connectivity index (χ0) is 32.9. The zero-order valence-electron chi connectivity index (χ0n) is 23.7. The summed E-state index contributed by atoms with van der Waals surface area (Å²) in [4.78, 5) is 13.9. The van der Waals surface area contributed by atoms with E-state index in [0.29, 0.717) is 17.7 Å². The van der Waals surface area contributed by atoms with Gasteiger partial charge in [-0.3, -0.25) is 4.90 Å². The minimum atomic E-state index is -5.15. The lowest BCUT2D eigenvalue weighted by atomic mass is 9.75. The van der Waals surface area contributed by atoms with Gasteiger partial charge in [0.15, 0.2) is 0 Å². The second kappa shape index (κ2) is 11.7. The molecule has 0 bridgehead atoms. The number of methoxy groups -OCH3 is 1. The maximum absolute atomic E-state index is 14.6. The van der Waals surface area contributed by atoms with E-state index in [1.165, 1.54) is 27.0 Å². The summed E-state index contributed by atoms with van der Waals surface area (Å²) >= 11 is 0. The fraction of sp³-hybridized carbons (Fsp3) is 0.433. The number of amides is 1. The van der Waals surface area contributed by atoms with Crippen molar-refractivity contribution in [3.05, 3.63) is 87.3 Å². The smallest absolute Gasteiger partial charge is 0.416 e. The van der Waals surface area contributed by atoms with Gasteiger partial charge in [0.25, 0.3) is 0 Å². The van der Waals surface area contributed by atoms with Gasteiger partial charge in [-0.15, -0.1) is 0 Å². The quantitative estimate of drug-likeness (QED) is 0.296. The monoisotopic (exact) mass is 639 g/mol. The van der Waals surface area contributed by atoms with Gasteiger partial charge in [0.2, 0.25) is 0 Å². The number of carbonyl (C=O) groups is 1. The topological polar surface area (TPSA) is 38.8 Å². The molecule has 1 aliphatic carbocycles. The number of rotatable bonds is 6. The summed E-state index contributed by atoms with van der Waals surface area (Å²) < 4.78 is 148. The number of allylic oxidation sites excluding steroid dienone is 3. The van der Waals surface area contributed by atoms with Gasteiger partial charge < -0.3 is 9.47 Å². The number of aryl methyl sites for hydroxylation is 1. The van der Waals surface area contributed by atoms with Crippen LogP contribution in [-0.4, -0.2) is 36.9 Å². The highest BCUT2D eigenvalue weighted by Crippen LogP contribution is 2.47. The third kappa shape index (κ3) is 6.53. The highest BCUT2D eigenvalue weighted by molar-refractivity contribution is 5.72. The lowest BCUT2D eigenvalue weighted by Gasteiger charge is -2.34. The maximum atomic E-state index is 14.6. The molecule has 1 heterocycles. The second-order valence-electron chi connectivity index (χ2n) is 10.7. The lowest BCUT2D eigenvalue weighted by molar-refractivity contribution is -0.143. The van der Waals surface area contributed by atoms with Crippen LogP contribution in [0.1, 0.15) is 60.6 Å². The standard InChI is InChI=1S/C30H27F10NO3/c1-5-16-10-22(24(43-4)12-23(16)31)25-14(2)6-19(28(32,33)34)9-18(25)13-41-15(3)26(44-27(41)42)17-7-20(29(35,36)37)11-21(8-17)30(38,39)40/h6-12,14-15,25-26H,5,13H2,1-4H3.